The van der Waals surface area contributed by atoms with Crippen molar-refractivity contribution in [2.45, 2.75) is 44.9 Å². The van der Waals surface area contributed by atoms with Crippen LogP contribution in [0.5, 0.6) is 0 Å². The van der Waals surface area contributed by atoms with E-state index in [9.17, 15) is 4.79 Å². The lowest BCUT2D eigenvalue weighted by Crippen LogP contribution is -2.43. The minimum Gasteiger partial charge on any atom is -0.447 e. The van der Waals surface area contributed by atoms with Gasteiger partial charge in [-0.05, 0) is 43.7 Å². The number of imidazole rings is 1. The highest BCUT2D eigenvalue weighted by Crippen LogP contribution is 2.27. The van der Waals surface area contributed by atoms with Crippen molar-refractivity contribution in [3.05, 3.63) is 59.8 Å². The highest BCUT2D eigenvalue weighted by molar-refractivity contribution is 6.30. The molecule has 0 bridgehead atoms. The number of cyclic esters (lactones) is 1. The number of amides is 1. The Kier molecular flexibility index (Phi) is 7.10. The molecule has 0 radical (unpaired) electrons. The molecule has 1 N–H and O–H groups in total. The second kappa shape index (κ2) is 10.2. The van der Waals surface area contributed by atoms with E-state index in [1.165, 1.54) is 0 Å². The molecule has 1 aliphatic rings. The lowest BCUT2D eigenvalue weighted by atomic mass is 10.1. The van der Waals surface area contributed by atoms with Crippen molar-refractivity contribution in [2.24, 2.45) is 0 Å². The lowest BCUT2D eigenvalue weighted by Gasteiger charge is -2.27. The predicted octanol–water partition coefficient (Wildman–Crippen LogP) is 4.63. The third-order valence-corrected chi connectivity index (χ3v) is 5.87. The monoisotopic (exact) mass is 470 g/mol. The van der Waals surface area contributed by atoms with Crippen LogP contribution in [0.4, 0.5) is 16.6 Å². The summed E-state index contributed by atoms with van der Waals surface area (Å²) in [4.78, 5) is 27.4. The number of carbonyl (C=O) groups is 1. The van der Waals surface area contributed by atoms with Gasteiger partial charge in [0.25, 0.3) is 0 Å². The standard InChI is InChI=1S/C23H27ClN6O3/c1-4-5-20(32-3)19-13-33-23(31)30(19)21-10-11-25-22(28-21)27-15(2)18-12-29(14-26-18)17-8-6-16(24)7-9-17/h6-12,14-15,19-20H,4-5,13H2,1-3H3,(H,25,27,28)/t15-,19+,20+/m0/s1. The highest BCUT2D eigenvalue weighted by Gasteiger charge is 2.40. The van der Waals surface area contributed by atoms with Crippen LogP contribution in [0, 0.1) is 0 Å². The Bertz CT molecular complexity index is 1090. The van der Waals surface area contributed by atoms with E-state index in [2.05, 4.69) is 27.2 Å². The number of nitrogens with one attached hydrogen (secondary N) is 1. The van der Waals surface area contributed by atoms with Gasteiger partial charge in [0.1, 0.15) is 18.5 Å². The topological polar surface area (TPSA) is 94.4 Å². The molecule has 10 heteroatoms. The summed E-state index contributed by atoms with van der Waals surface area (Å²) in [6.45, 7) is 4.32. The first kappa shape index (κ1) is 23.0. The van der Waals surface area contributed by atoms with E-state index in [-0.39, 0.29) is 24.8 Å². The van der Waals surface area contributed by atoms with Gasteiger partial charge in [0.15, 0.2) is 0 Å². The van der Waals surface area contributed by atoms with Gasteiger partial charge in [-0.15, -0.1) is 0 Å². The van der Waals surface area contributed by atoms with Crippen molar-refractivity contribution in [3.8, 4) is 5.69 Å². The van der Waals surface area contributed by atoms with Gasteiger partial charge in [0.05, 0.1) is 24.2 Å². The summed E-state index contributed by atoms with van der Waals surface area (Å²) in [5.41, 5.74) is 1.78. The number of hydrogen-bond donors (Lipinski definition) is 1. The van der Waals surface area contributed by atoms with Crippen LogP contribution in [-0.4, -0.2) is 51.5 Å². The first-order valence-corrected chi connectivity index (χ1v) is 11.3. The third-order valence-electron chi connectivity index (χ3n) is 5.62. The average Bonchev–Trinajstić information content (AvgIpc) is 3.45. The summed E-state index contributed by atoms with van der Waals surface area (Å²) >= 11 is 5.98. The average molecular weight is 471 g/mol. The number of nitrogens with zero attached hydrogens (tertiary/aromatic N) is 5. The van der Waals surface area contributed by atoms with Gasteiger partial charge in [-0.3, -0.25) is 4.90 Å². The molecule has 0 spiro atoms. The zero-order valence-corrected chi connectivity index (χ0v) is 19.6. The molecule has 0 aliphatic carbocycles. The Labute approximate surface area is 197 Å². The van der Waals surface area contributed by atoms with Crippen molar-refractivity contribution >= 4 is 29.5 Å². The van der Waals surface area contributed by atoms with E-state index in [1.54, 1.807) is 30.6 Å². The van der Waals surface area contributed by atoms with Gasteiger partial charge in [-0.25, -0.2) is 14.8 Å². The molecule has 1 aliphatic heterocycles. The Morgan fingerprint density at radius 3 is 2.79 bits per heavy atom. The number of rotatable bonds is 9. The van der Waals surface area contributed by atoms with Gasteiger partial charge < -0.3 is 19.4 Å². The van der Waals surface area contributed by atoms with E-state index in [1.807, 2.05) is 42.0 Å². The molecule has 4 rings (SSSR count). The van der Waals surface area contributed by atoms with Crippen LogP contribution in [0.15, 0.2) is 49.1 Å². The maximum absolute atomic E-state index is 12.5. The zero-order chi connectivity index (χ0) is 23.4. The Morgan fingerprint density at radius 2 is 2.06 bits per heavy atom. The van der Waals surface area contributed by atoms with Crippen molar-refractivity contribution < 1.29 is 14.3 Å². The van der Waals surface area contributed by atoms with Gasteiger partial charge in [-0.2, -0.15) is 4.98 Å². The number of benzene rings is 1. The summed E-state index contributed by atoms with van der Waals surface area (Å²) in [6.07, 6.45) is 6.49. The predicted molar refractivity (Wildman–Crippen MR) is 126 cm³/mol. The van der Waals surface area contributed by atoms with Gasteiger partial charge >= 0.3 is 6.09 Å². The fourth-order valence-electron chi connectivity index (χ4n) is 3.86. The fraction of sp³-hybridized carbons (Fsp3) is 0.391. The van der Waals surface area contributed by atoms with Crippen LogP contribution in [0.2, 0.25) is 5.02 Å². The van der Waals surface area contributed by atoms with E-state index in [4.69, 9.17) is 21.1 Å². The molecule has 0 saturated carbocycles. The van der Waals surface area contributed by atoms with Gasteiger partial charge in [0.2, 0.25) is 5.95 Å². The second-order valence-corrected chi connectivity index (χ2v) is 8.30. The lowest BCUT2D eigenvalue weighted by molar-refractivity contribution is 0.0668. The van der Waals surface area contributed by atoms with Crippen LogP contribution in [0.25, 0.3) is 5.69 Å². The van der Waals surface area contributed by atoms with Crippen molar-refractivity contribution in [1.29, 1.82) is 0 Å². The summed E-state index contributed by atoms with van der Waals surface area (Å²) in [5.74, 6) is 0.862. The SMILES string of the molecule is CCC[C@@H](OC)[C@H]1COC(=O)N1c1ccnc(N[C@@H](C)c2cn(-c3ccc(Cl)cc3)cn2)n1. The molecule has 1 amide bonds. The molecular weight excluding hydrogens is 444 g/mol. The molecule has 0 unspecified atom stereocenters. The van der Waals surface area contributed by atoms with Gasteiger partial charge in [0, 0.05) is 30.2 Å². The maximum Gasteiger partial charge on any atom is 0.416 e. The minimum atomic E-state index is -0.433. The maximum atomic E-state index is 12.5. The van der Waals surface area contributed by atoms with E-state index in [0.29, 0.717) is 16.8 Å². The summed E-state index contributed by atoms with van der Waals surface area (Å²) in [5, 5.41) is 3.95. The number of ether oxygens (including phenoxy) is 2. The largest absolute Gasteiger partial charge is 0.447 e. The van der Waals surface area contributed by atoms with E-state index in [0.717, 1.165) is 24.2 Å². The molecular formula is C23H27ClN6O3. The third kappa shape index (κ3) is 5.09. The fourth-order valence-corrected chi connectivity index (χ4v) is 3.99. The van der Waals surface area contributed by atoms with E-state index >= 15 is 0 Å². The molecule has 3 heterocycles. The summed E-state index contributed by atoms with van der Waals surface area (Å²) in [7, 11) is 1.65. The van der Waals surface area contributed by atoms with Crippen molar-refractivity contribution in [3.63, 3.8) is 0 Å². The number of carbonyl (C=O) groups excluding carboxylic acids is 1. The number of halogens is 1. The van der Waals surface area contributed by atoms with E-state index < -0.39 is 6.09 Å². The summed E-state index contributed by atoms with van der Waals surface area (Å²) < 4.78 is 12.9. The molecule has 1 aromatic carbocycles. The van der Waals surface area contributed by atoms with Crippen molar-refractivity contribution in [2.75, 3.05) is 23.9 Å². The minimum absolute atomic E-state index is 0.136. The number of methoxy groups -OCH3 is 1. The number of anilines is 2. The smallest absolute Gasteiger partial charge is 0.416 e. The zero-order valence-electron chi connectivity index (χ0n) is 18.8. The van der Waals surface area contributed by atoms with Crippen LogP contribution in [0.1, 0.15) is 38.4 Å². The Hall–Kier alpha value is -3.17. The normalized spacial score (nSPS) is 17.6. The second-order valence-electron chi connectivity index (χ2n) is 7.86. The molecule has 1 saturated heterocycles. The highest BCUT2D eigenvalue weighted by atomic mass is 35.5. The Morgan fingerprint density at radius 1 is 1.27 bits per heavy atom. The van der Waals surface area contributed by atoms with Crippen LogP contribution in [0.3, 0.4) is 0 Å². The Balaban J connectivity index is 1.50. The van der Waals surface area contributed by atoms with Crippen molar-refractivity contribution in [1.82, 2.24) is 19.5 Å². The molecule has 3 atom stereocenters. The molecule has 1 fully saturated rings. The molecule has 9 nitrogen and oxygen atoms in total. The number of aromatic nitrogens is 4. The number of hydrogen-bond acceptors (Lipinski definition) is 7. The first-order chi connectivity index (χ1) is 16.0. The quantitative estimate of drug-likeness (QED) is 0.487. The molecule has 2 aromatic heterocycles. The van der Waals surface area contributed by atoms with Crippen LogP contribution < -0.4 is 10.2 Å². The molecule has 3 aromatic rings. The van der Waals surface area contributed by atoms with Crippen LogP contribution in [-0.2, 0) is 9.47 Å². The molecule has 174 valence electrons. The molecule has 33 heavy (non-hydrogen) atoms. The summed E-state index contributed by atoms with van der Waals surface area (Å²) in [6, 6.07) is 8.82. The first-order valence-electron chi connectivity index (χ1n) is 10.9. The van der Waals surface area contributed by atoms with Crippen LogP contribution >= 0.6 is 11.6 Å². The van der Waals surface area contributed by atoms with Gasteiger partial charge in [-0.1, -0.05) is 24.9 Å².